The van der Waals surface area contributed by atoms with Crippen LogP contribution < -0.4 is 5.73 Å². The lowest BCUT2D eigenvalue weighted by Gasteiger charge is -2.13. The number of rotatable bonds is 3. The van der Waals surface area contributed by atoms with Crippen LogP contribution in [0.1, 0.15) is 18.2 Å². The minimum atomic E-state index is -0.0537. The van der Waals surface area contributed by atoms with Crippen LogP contribution in [0.4, 0.5) is 5.82 Å². The summed E-state index contributed by atoms with van der Waals surface area (Å²) in [5.74, 6) is 1.97. The molecule has 1 saturated heterocycles. The molecule has 4 aromatic rings. The van der Waals surface area contributed by atoms with Crippen molar-refractivity contribution in [2.24, 2.45) is 0 Å². The molecule has 0 saturated carbocycles. The summed E-state index contributed by atoms with van der Waals surface area (Å²) in [6, 6.07) is 9.80. The zero-order chi connectivity index (χ0) is 19.3. The van der Waals surface area contributed by atoms with Crippen LogP contribution >= 0.6 is 0 Å². The molecule has 1 atom stereocenters. The third kappa shape index (κ3) is 2.47. The van der Waals surface area contributed by atoms with E-state index in [2.05, 4.69) is 11.6 Å². The average Bonchev–Trinajstić information content (AvgIpc) is 3.43. The smallest absolute Gasteiger partial charge is 0.245 e. The van der Waals surface area contributed by atoms with Gasteiger partial charge in [-0.3, -0.25) is 9.20 Å². The fourth-order valence-electron chi connectivity index (χ4n) is 3.95. The number of benzene rings is 1. The number of carbonyl (C=O) groups is 1. The highest BCUT2D eigenvalue weighted by atomic mass is 16.3. The van der Waals surface area contributed by atoms with Crippen LogP contribution in [0.15, 0.2) is 59.8 Å². The lowest BCUT2D eigenvalue weighted by Crippen LogP contribution is -2.26. The number of fused-ring (bicyclic) bond motifs is 2. The third-order valence-corrected chi connectivity index (χ3v) is 5.31. The van der Waals surface area contributed by atoms with Crippen LogP contribution in [-0.2, 0) is 4.79 Å². The quantitative estimate of drug-likeness (QED) is 0.557. The summed E-state index contributed by atoms with van der Waals surface area (Å²) in [6.45, 7) is 4.87. The molecule has 7 heteroatoms. The van der Waals surface area contributed by atoms with Gasteiger partial charge in [0, 0.05) is 36.8 Å². The van der Waals surface area contributed by atoms with Gasteiger partial charge in [-0.1, -0.05) is 24.8 Å². The second-order valence-corrected chi connectivity index (χ2v) is 6.97. The van der Waals surface area contributed by atoms with Crippen LogP contribution in [0.25, 0.3) is 27.9 Å². The molecule has 0 radical (unpaired) electrons. The molecular weight excluding hydrogens is 354 g/mol. The number of likely N-dealkylation sites (tertiary alicyclic amines) is 1. The number of nitrogens with zero attached hydrogens (tertiary/aromatic N) is 4. The van der Waals surface area contributed by atoms with Gasteiger partial charge in [-0.25, -0.2) is 9.97 Å². The molecule has 1 fully saturated rings. The predicted molar refractivity (Wildman–Crippen MR) is 107 cm³/mol. The fraction of sp³-hybridized carbons (Fsp3) is 0.190. The molecule has 1 aliphatic rings. The van der Waals surface area contributed by atoms with Gasteiger partial charge in [0.2, 0.25) is 5.91 Å². The van der Waals surface area contributed by atoms with Gasteiger partial charge in [-0.15, -0.1) is 0 Å². The molecular formula is C21H19N5O2. The number of hydrogen-bond donors (Lipinski definition) is 1. The van der Waals surface area contributed by atoms with E-state index < -0.39 is 0 Å². The van der Waals surface area contributed by atoms with Crippen LogP contribution in [0, 0.1) is 0 Å². The average molecular weight is 373 g/mol. The lowest BCUT2D eigenvalue weighted by atomic mass is 10.1. The molecule has 3 aromatic heterocycles. The van der Waals surface area contributed by atoms with Crippen molar-refractivity contribution in [1.29, 1.82) is 0 Å². The SMILES string of the molecule is C=CC(=O)N1CC[C@H](c2nc(-c3cc4ccccc4o3)c3c(N)nccn23)C1. The van der Waals surface area contributed by atoms with Crippen molar-refractivity contribution in [3.63, 3.8) is 0 Å². The number of nitrogen functional groups attached to an aromatic ring is 1. The lowest BCUT2D eigenvalue weighted by molar-refractivity contribution is -0.125. The summed E-state index contributed by atoms with van der Waals surface area (Å²) >= 11 is 0. The van der Waals surface area contributed by atoms with Crippen molar-refractivity contribution in [3.8, 4) is 11.5 Å². The molecule has 7 nitrogen and oxygen atoms in total. The summed E-state index contributed by atoms with van der Waals surface area (Å²) in [4.78, 5) is 22.9. The molecule has 1 aromatic carbocycles. The summed E-state index contributed by atoms with van der Waals surface area (Å²) in [7, 11) is 0. The molecule has 0 unspecified atom stereocenters. The number of amides is 1. The van der Waals surface area contributed by atoms with Gasteiger partial charge in [0.25, 0.3) is 0 Å². The van der Waals surface area contributed by atoms with Gasteiger partial charge in [-0.05, 0) is 24.6 Å². The van der Waals surface area contributed by atoms with Crippen molar-refractivity contribution in [1.82, 2.24) is 19.3 Å². The van der Waals surface area contributed by atoms with Crippen molar-refractivity contribution in [2.45, 2.75) is 12.3 Å². The van der Waals surface area contributed by atoms with E-state index in [0.29, 0.717) is 30.4 Å². The minimum absolute atomic E-state index is 0.0537. The van der Waals surface area contributed by atoms with Crippen molar-refractivity contribution in [3.05, 3.63) is 61.2 Å². The molecule has 2 N–H and O–H groups in total. The van der Waals surface area contributed by atoms with Crippen molar-refractivity contribution < 1.29 is 9.21 Å². The van der Waals surface area contributed by atoms with Gasteiger partial charge >= 0.3 is 0 Å². The van der Waals surface area contributed by atoms with Gasteiger partial charge in [0.05, 0.1) is 0 Å². The highest BCUT2D eigenvalue weighted by Crippen LogP contribution is 2.36. The van der Waals surface area contributed by atoms with Crippen molar-refractivity contribution >= 4 is 28.2 Å². The zero-order valence-electron chi connectivity index (χ0n) is 15.2. The van der Waals surface area contributed by atoms with E-state index in [0.717, 1.165) is 28.7 Å². The minimum Gasteiger partial charge on any atom is -0.454 e. The Morgan fingerprint density at radius 2 is 2.21 bits per heavy atom. The first-order valence-corrected chi connectivity index (χ1v) is 9.18. The maximum Gasteiger partial charge on any atom is 0.245 e. The number of furan rings is 1. The first kappa shape index (κ1) is 16.6. The zero-order valence-corrected chi connectivity index (χ0v) is 15.2. The van der Waals surface area contributed by atoms with Gasteiger partial charge < -0.3 is 15.1 Å². The standard InChI is InChI=1S/C21H19N5O2/c1-2-17(27)25-9-7-14(12-25)21-24-18(19-20(22)23-8-10-26(19)21)16-11-13-5-3-4-6-15(13)28-16/h2-6,8,10-11,14H,1,7,9,12H2,(H2,22,23)/t14-/m0/s1. The first-order valence-electron chi connectivity index (χ1n) is 9.18. The summed E-state index contributed by atoms with van der Waals surface area (Å²) < 4.78 is 8.00. The highest BCUT2D eigenvalue weighted by molar-refractivity contribution is 5.89. The number of carbonyl (C=O) groups excluding carboxylic acids is 1. The normalized spacial score (nSPS) is 16.9. The molecule has 28 heavy (non-hydrogen) atoms. The van der Waals surface area contributed by atoms with E-state index in [1.807, 2.05) is 40.9 Å². The Kier molecular flexibility index (Phi) is 3.68. The summed E-state index contributed by atoms with van der Waals surface area (Å²) in [6.07, 6.45) is 5.71. The molecule has 0 spiro atoms. The molecule has 5 rings (SSSR count). The highest BCUT2D eigenvalue weighted by Gasteiger charge is 2.31. The van der Waals surface area contributed by atoms with Crippen molar-refractivity contribution in [2.75, 3.05) is 18.8 Å². The number of imidazole rings is 1. The van der Waals surface area contributed by atoms with Gasteiger partial charge in [-0.2, -0.15) is 0 Å². The number of nitrogens with two attached hydrogens (primary N) is 1. The van der Waals surface area contributed by atoms with E-state index in [4.69, 9.17) is 15.1 Å². The molecule has 0 bridgehead atoms. The summed E-state index contributed by atoms with van der Waals surface area (Å²) in [5.41, 5.74) is 8.40. The Hall–Kier alpha value is -3.61. The Balaban J connectivity index is 1.65. The predicted octanol–water partition coefficient (Wildman–Crippen LogP) is 3.23. The fourth-order valence-corrected chi connectivity index (χ4v) is 3.95. The maximum absolute atomic E-state index is 12.0. The molecule has 1 amide bonds. The Bertz CT molecular complexity index is 1190. The van der Waals surface area contributed by atoms with Gasteiger partial charge in [0.1, 0.15) is 28.4 Å². The Labute approximate surface area is 161 Å². The van der Waals surface area contributed by atoms with E-state index in [9.17, 15) is 4.79 Å². The van der Waals surface area contributed by atoms with Gasteiger partial charge in [0.15, 0.2) is 5.76 Å². The van der Waals surface area contributed by atoms with E-state index in [-0.39, 0.29) is 11.8 Å². The molecule has 1 aliphatic heterocycles. The second kappa shape index (κ2) is 6.23. The molecule has 4 heterocycles. The number of para-hydroxylation sites is 1. The maximum atomic E-state index is 12.0. The number of anilines is 1. The second-order valence-electron chi connectivity index (χ2n) is 6.97. The van der Waals surface area contributed by atoms with Crippen LogP contribution in [0.3, 0.4) is 0 Å². The van der Waals surface area contributed by atoms with Crippen LogP contribution in [-0.4, -0.2) is 38.3 Å². The van der Waals surface area contributed by atoms with Crippen LogP contribution in [0.5, 0.6) is 0 Å². The molecule has 0 aliphatic carbocycles. The number of aromatic nitrogens is 3. The first-order chi connectivity index (χ1) is 13.7. The third-order valence-electron chi connectivity index (χ3n) is 5.31. The Morgan fingerprint density at radius 1 is 1.36 bits per heavy atom. The number of hydrogen-bond acceptors (Lipinski definition) is 5. The molecule has 140 valence electrons. The van der Waals surface area contributed by atoms with E-state index in [1.54, 1.807) is 11.1 Å². The Morgan fingerprint density at radius 3 is 3.04 bits per heavy atom. The topological polar surface area (TPSA) is 89.7 Å². The summed E-state index contributed by atoms with van der Waals surface area (Å²) in [5, 5.41) is 1.01. The monoisotopic (exact) mass is 373 g/mol. The van der Waals surface area contributed by atoms with E-state index in [1.165, 1.54) is 6.08 Å². The van der Waals surface area contributed by atoms with Crippen LogP contribution in [0.2, 0.25) is 0 Å². The largest absolute Gasteiger partial charge is 0.454 e. The van der Waals surface area contributed by atoms with E-state index >= 15 is 0 Å².